The summed E-state index contributed by atoms with van der Waals surface area (Å²) in [6.07, 6.45) is 0. The van der Waals surface area contributed by atoms with E-state index < -0.39 is 11.6 Å². The lowest BCUT2D eigenvalue weighted by Crippen LogP contribution is -2.40. The van der Waals surface area contributed by atoms with Gasteiger partial charge in [-0.3, -0.25) is 9.69 Å². The Morgan fingerprint density at radius 3 is 2.25 bits per heavy atom. The first-order valence-corrected chi connectivity index (χ1v) is 8.98. The summed E-state index contributed by atoms with van der Waals surface area (Å²) in [4.78, 5) is 30.9. The molecular weight excluding hydrogens is 356 g/mol. The van der Waals surface area contributed by atoms with Crippen LogP contribution in [0.5, 0.6) is 0 Å². The number of aryl methyl sites for hydroxylation is 2. The number of amides is 3. The van der Waals surface area contributed by atoms with Gasteiger partial charge in [0.2, 0.25) is 11.7 Å². The molecule has 0 saturated carbocycles. The van der Waals surface area contributed by atoms with Crippen LogP contribution in [-0.4, -0.2) is 27.0 Å². The van der Waals surface area contributed by atoms with Crippen LogP contribution >= 0.6 is 0 Å². The number of benzene rings is 2. The number of nitrogens with one attached hydrogen (secondary N) is 1. The van der Waals surface area contributed by atoms with E-state index in [2.05, 4.69) is 15.5 Å². The normalized spacial score (nSPS) is 19.2. The van der Waals surface area contributed by atoms with E-state index in [9.17, 15) is 9.59 Å². The maximum atomic E-state index is 13.0. The molecule has 1 N–H and O–H groups in total. The van der Waals surface area contributed by atoms with E-state index in [1.54, 1.807) is 6.92 Å². The van der Waals surface area contributed by atoms with Gasteiger partial charge in [0.15, 0.2) is 0 Å². The molecule has 28 heavy (non-hydrogen) atoms. The number of aromatic nitrogens is 2. The van der Waals surface area contributed by atoms with E-state index in [1.165, 1.54) is 0 Å². The number of hydrogen-bond acceptors (Lipinski definition) is 5. The molecule has 142 valence electrons. The Labute approximate surface area is 162 Å². The lowest BCUT2D eigenvalue weighted by atomic mass is 9.91. The van der Waals surface area contributed by atoms with Crippen molar-refractivity contribution in [1.82, 2.24) is 20.4 Å². The zero-order valence-electron chi connectivity index (χ0n) is 15.9. The summed E-state index contributed by atoms with van der Waals surface area (Å²) in [5.41, 5.74) is 2.62. The highest BCUT2D eigenvalue weighted by atomic mass is 16.5. The molecule has 0 spiro atoms. The minimum Gasteiger partial charge on any atom is -0.337 e. The Kier molecular flexibility index (Phi) is 4.22. The lowest BCUT2D eigenvalue weighted by molar-refractivity contribution is -0.131. The Morgan fingerprint density at radius 2 is 1.61 bits per heavy atom. The third-order valence-corrected chi connectivity index (χ3v) is 4.98. The van der Waals surface area contributed by atoms with Crippen LogP contribution in [0.2, 0.25) is 0 Å². The molecule has 0 bridgehead atoms. The predicted octanol–water partition coefficient (Wildman–Crippen LogP) is 3.32. The number of imide groups is 1. The zero-order chi connectivity index (χ0) is 19.9. The first-order chi connectivity index (χ1) is 13.4. The van der Waals surface area contributed by atoms with Gasteiger partial charge in [-0.1, -0.05) is 64.8 Å². The van der Waals surface area contributed by atoms with Gasteiger partial charge in [0.1, 0.15) is 12.1 Å². The summed E-state index contributed by atoms with van der Waals surface area (Å²) >= 11 is 0. The van der Waals surface area contributed by atoms with Crippen molar-refractivity contribution in [2.24, 2.45) is 0 Å². The maximum absolute atomic E-state index is 13.0. The average Bonchev–Trinajstić information content (AvgIpc) is 3.22. The summed E-state index contributed by atoms with van der Waals surface area (Å²) in [7, 11) is 0. The maximum Gasteiger partial charge on any atom is 0.325 e. The molecule has 4 rings (SSSR count). The number of nitrogens with zero attached hydrogens (tertiary/aromatic N) is 3. The van der Waals surface area contributed by atoms with Crippen molar-refractivity contribution in [3.63, 3.8) is 0 Å². The molecule has 7 heteroatoms. The van der Waals surface area contributed by atoms with E-state index in [0.717, 1.165) is 27.2 Å². The fourth-order valence-corrected chi connectivity index (χ4v) is 3.20. The van der Waals surface area contributed by atoms with Crippen LogP contribution in [0.3, 0.4) is 0 Å². The first kappa shape index (κ1) is 17.9. The Bertz CT molecular complexity index is 1040. The van der Waals surface area contributed by atoms with Gasteiger partial charge in [0.05, 0.1) is 0 Å². The van der Waals surface area contributed by atoms with Crippen molar-refractivity contribution in [2.45, 2.75) is 32.9 Å². The van der Waals surface area contributed by atoms with Crippen LogP contribution in [0.1, 0.15) is 29.5 Å². The summed E-state index contributed by atoms with van der Waals surface area (Å²) in [5.74, 6) is 0.270. The molecule has 7 nitrogen and oxygen atoms in total. The van der Waals surface area contributed by atoms with Crippen LogP contribution in [0.4, 0.5) is 4.79 Å². The molecule has 1 aliphatic heterocycles. The monoisotopic (exact) mass is 376 g/mol. The SMILES string of the molecule is Cc1ccc(-c2noc(CN3C(=O)NC(C)(c4ccc(C)cc4)C3=O)n2)cc1. The van der Waals surface area contributed by atoms with Crippen molar-refractivity contribution in [3.05, 3.63) is 71.1 Å². The molecule has 2 heterocycles. The second kappa shape index (κ2) is 6.60. The highest BCUT2D eigenvalue weighted by Gasteiger charge is 2.49. The molecule has 0 aliphatic carbocycles. The van der Waals surface area contributed by atoms with Gasteiger partial charge in [-0.15, -0.1) is 0 Å². The topological polar surface area (TPSA) is 88.3 Å². The van der Waals surface area contributed by atoms with Gasteiger partial charge in [0.25, 0.3) is 5.91 Å². The van der Waals surface area contributed by atoms with E-state index in [0.29, 0.717) is 5.82 Å². The highest BCUT2D eigenvalue weighted by molar-refractivity contribution is 6.07. The first-order valence-electron chi connectivity index (χ1n) is 8.98. The van der Waals surface area contributed by atoms with Gasteiger partial charge in [-0.05, 0) is 26.3 Å². The third kappa shape index (κ3) is 3.05. The quantitative estimate of drug-likeness (QED) is 0.706. The predicted molar refractivity (Wildman–Crippen MR) is 102 cm³/mol. The molecule has 3 amide bonds. The minimum atomic E-state index is -1.12. The van der Waals surface area contributed by atoms with Crippen molar-refractivity contribution in [1.29, 1.82) is 0 Å². The molecule has 1 atom stereocenters. The number of rotatable bonds is 4. The van der Waals surface area contributed by atoms with Crippen molar-refractivity contribution >= 4 is 11.9 Å². The number of urea groups is 1. The summed E-state index contributed by atoms with van der Waals surface area (Å²) < 4.78 is 5.26. The van der Waals surface area contributed by atoms with Gasteiger partial charge in [-0.25, -0.2) is 4.79 Å². The van der Waals surface area contributed by atoms with Crippen LogP contribution in [-0.2, 0) is 16.9 Å². The van der Waals surface area contributed by atoms with Crippen molar-refractivity contribution in [3.8, 4) is 11.4 Å². The summed E-state index contributed by atoms with van der Waals surface area (Å²) in [5, 5.41) is 6.74. The van der Waals surface area contributed by atoms with Crippen LogP contribution in [0.25, 0.3) is 11.4 Å². The Morgan fingerprint density at radius 1 is 1.00 bits per heavy atom. The fourth-order valence-electron chi connectivity index (χ4n) is 3.20. The zero-order valence-corrected chi connectivity index (χ0v) is 15.9. The van der Waals surface area contributed by atoms with Gasteiger partial charge in [-0.2, -0.15) is 4.98 Å². The van der Waals surface area contributed by atoms with Crippen LogP contribution < -0.4 is 5.32 Å². The molecule has 1 aliphatic rings. The smallest absolute Gasteiger partial charge is 0.325 e. The van der Waals surface area contributed by atoms with Gasteiger partial charge in [0, 0.05) is 5.56 Å². The van der Waals surface area contributed by atoms with Crippen LogP contribution in [0, 0.1) is 13.8 Å². The van der Waals surface area contributed by atoms with Crippen LogP contribution in [0.15, 0.2) is 53.1 Å². The third-order valence-electron chi connectivity index (χ3n) is 4.98. The standard InChI is InChI=1S/C21H20N4O3/c1-13-4-8-15(9-5-13)18-22-17(28-24-18)12-25-19(26)21(3,23-20(25)27)16-10-6-14(2)7-11-16/h4-11H,12H2,1-3H3,(H,23,27). The van der Waals surface area contributed by atoms with E-state index in [4.69, 9.17) is 4.52 Å². The van der Waals surface area contributed by atoms with Gasteiger partial charge < -0.3 is 9.84 Å². The average molecular weight is 376 g/mol. The van der Waals surface area contributed by atoms with E-state index in [1.807, 2.05) is 62.4 Å². The lowest BCUT2D eigenvalue weighted by Gasteiger charge is -2.22. The highest BCUT2D eigenvalue weighted by Crippen LogP contribution is 2.30. The van der Waals surface area contributed by atoms with E-state index in [-0.39, 0.29) is 18.3 Å². The Balaban J connectivity index is 1.55. The molecule has 2 aromatic carbocycles. The second-order valence-electron chi connectivity index (χ2n) is 7.19. The molecule has 1 saturated heterocycles. The molecule has 1 unspecified atom stereocenters. The minimum absolute atomic E-state index is 0.0784. The largest absolute Gasteiger partial charge is 0.337 e. The summed E-state index contributed by atoms with van der Waals surface area (Å²) in [6, 6.07) is 14.7. The number of hydrogen-bond donors (Lipinski definition) is 1. The molecule has 0 radical (unpaired) electrons. The van der Waals surface area contributed by atoms with E-state index >= 15 is 0 Å². The van der Waals surface area contributed by atoms with Crippen molar-refractivity contribution < 1.29 is 14.1 Å². The molecular formula is C21H20N4O3. The molecule has 1 fully saturated rings. The van der Waals surface area contributed by atoms with Crippen molar-refractivity contribution in [2.75, 3.05) is 0 Å². The second-order valence-corrected chi connectivity index (χ2v) is 7.19. The number of carbonyl (C=O) groups is 2. The molecule has 1 aromatic heterocycles. The summed E-state index contributed by atoms with van der Waals surface area (Å²) in [6.45, 7) is 5.58. The number of carbonyl (C=O) groups excluding carboxylic acids is 2. The molecule has 3 aromatic rings. The fraction of sp³-hybridized carbons (Fsp3) is 0.238. The van der Waals surface area contributed by atoms with Gasteiger partial charge >= 0.3 is 6.03 Å². The Hall–Kier alpha value is -3.48.